The van der Waals surface area contributed by atoms with Crippen LogP contribution in [-0.2, 0) is 0 Å². The first-order valence-corrected chi connectivity index (χ1v) is 14.4. The maximum atomic E-state index is 2.65. The van der Waals surface area contributed by atoms with E-state index in [0.717, 1.165) is 0 Å². The molecule has 0 spiro atoms. The third kappa shape index (κ3) is 14.5. The first kappa shape index (κ1) is 15.5. The van der Waals surface area contributed by atoms with Crippen molar-refractivity contribution >= 4 is 13.3 Å². The Kier molecular flexibility index (Phi) is 10.1. The Labute approximate surface area is 101 Å². The van der Waals surface area contributed by atoms with Gasteiger partial charge in [0.15, 0.2) is 0 Å². The zero-order chi connectivity index (χ0) is 11.6. The van der Waals surface area contributed by atoms with Crippen molar-refractivity contribution in [1.82, 2.24) is 0 Å². The van der Waals surface area contributed by atoms with E-state index in [2.05, 4.69) is 29.4 Å². The summed E-state index contributed by atoms with van der Waals surface area (Å²) in [5, 5.41) is 2.65. The number of hydrogen-bond donors (Lipinski definition) is 0. The first-order valence-electron chi connectivity index (χ1n) is 6.90. The van der Waals surface area contributed by atoms with Gasteiger partial charge >= 0.3 is 100 Å². The summed E-state index contributed by atoms with van der Waals surface area (Å²) < 4.78 is 0. The minimum atomic E-state index is -1.32. The Morgan fingerprint density at radius 3 is 1.67 bits per heavy atom. The summed E-state index contributed by atoms with van der Waals surface area (Å²) in [5.41, 5.74) is 0. The van der Waals surface area contributed by atoms with Crippen LogP contribution in [0.2, 0.25) is 17.3 Å². The van der Waals surface area contributed by atoms with Crippen LogP contribution in [0, 0.1) is 5.25 Å². The number of unbranched alkanes of at least 4 members (excludes halogenated alkanes) is 8. The third-order valence-electron chi connectivity index (χ3n) is 2.81. The molecule has 0 bridgehead atoms. The molecule has 0 amide bonds. The topological polar surface area (TPSA) is 0 Å². The van der Waals surface area contributed by atoms with Crippen molar-refractivity contribution in [3.63, 3.8) is 0 Å². The van der Waals surface area contributed by atoms with Gasteiger partial charge in [0.05, 0.1) is 0 Å². The minimum absolute atomic E-state index is 1.32. The van der Waals surface area contributed by atoms with Crippen LogP contribution in [0.15, 0.2) is 0 Å². The van der Waals surface area contributed by atoms with Crippen LogP contribution in [0.3, 0.4) is 0 Å². The van der Waals surface area contributed by atoms with Crippen molar-refractivity contribution in [1.29, 1.82) is 0 Å². The van der Waals surface area contributed by atoms with Gasteiger partial charge in [-0.1, -0.05) is 0 Å². The fourth-order valence-corrected chi connectivity index (χ4v) is 4.06. The van der Waals surface area contributed by atoms with Gasteiger partial charge in [0.1, 0.15) is 0 Å². The second-order valence-electron chi connectivity index (χ2n) is 5.83. The molecule has 0 rings (SSSR count). The summed E-state index contributed by atoms with van der Waals surface area (Å²) in [6.45, 7) is 2.29. The van der Waals surface area contributed by atoms with Crippen molar-refractivity contribution in [2.24, 2.45) is 0 Å². The van der Waals surface area contributed by atoms with Crippen molar-refractivity contribution in [2.45, 2.75) is 82.0 Å². The molecule has 1 radical (unpaired) electrons. The molecule has 0 aliphatic rings. The van der Waals surface area contributed by atoms with Crippen LogP contribution in [0.4, 0.5) is 0 Å². The Morgan fingerprint density at radius 2 is 1.20 bits per heavy atom. The monoisotopic (exact) mass is 273 g/mol. The van der Waals surface area contributed by atoms with E-state index in [1.54, 1.807) is 0 Å². The van der Waals surface area contributed by atoms with Crippen molar-refractivity contribution in [3.8, 4) is 0 Å². The van der Waals surface area contributed by atoms with Crippen LogP contribution in [0.25, 0.3) is 0 Å². The van der Waals surface area contributed by atoms with Gasteiger partial charge in [-0.3, -0.25) is 0 Å². The molecule has 0 aliphatic carbocycles. The van der Waals surface area contributed by atoms with Gasteiger partial charge in [0.2, 0.25) is 0 Å². The molecule has 0 atom stereocenters. The normalized spacial score (nSPS) is 12.0. The summed E-state index contributed by atoms with van der Waals surface area (Å²) in [6.07, 6.45) is 13.0. The molecule has 0 nitrogen and oxygen atoms in total. The Balaban J connectivity index is 2.99. The fourth-order valence-electron chi connectivity index (χ4n) is 1.81. The molecule has 0 unspecified atom stereocenters. The first-order chi connectivity index (χ1) is 7.06. The molecule has 15 heavy (non-hydrogen) atoms. The van der Waals surface area contributed by atoms with Gasteiger partial charge in [-0.2, -0.15) is 0 Å². The standard InChI is InChI=1S/C14H31Ge/c1-5-6-7-8-9-10-11-12-13-14-15(2,3)4/h14H,5-13H2,1-4H3. The van der Waals surface area contributed by atoms with Crippen LogP contribution in [0.5, 0.6) is 0 Å². The molecule has 0 N–H and O–H groups in total. The summed E-state index contributed by atoms with van der Waals surface area (Å²) in [4.78, 5) is 0. The molecule has 1 heteroatoms. The number of hydrogen-bond acceptors (Lipinski definition) is 0. The van der Waals surface area contributed by atoms with E-state index in [9.17, 15) is 0 Å². The average Bonchev–Trinajstić information content (AvgIpc) is 2.14. The SMILES string of the molecule is CCCCCCCCCC[CH][Ge]([CH3])([CH3])[CH3]. The van der Waals surface area contributed by atoms with Gasteiger partial charge in [0, 0.05) is 0 Å². The van der Waals surface area contributed by atoms with Gasteiger partial charge in [-0.15, -0.1) is 0 Å². The molecule has 0 aromatic carbocycles. The van der Waals surface area contributed by atoms with Gasteiger partial charge in [-0.25, -0.2) is 0 Å². The summed E-state index contributed by atoms with van der Waals surface area (Å²) in [5.74, 6) is 7.43. The zero-order valence-corrected chi connectivity index (χ0v) is 13.5. The predicted octanol–water partition coefficient (Wildman–Crippen LogP) is 5.60. The van der Waals surface area contributed by atoms with E-state index in [-0.39, 0.29) is 0 Å². The molecule has 0 aromatic rings. The molecule has 0 aromatic heterocycles. The average molecular weight is 272 g/mol. The van der Waals surface area contributed by atoms with Crippen molar-refractivity contribution in [2.75, 3.05) is 0 Å². The van der Waals surface area contributed by atoms with E-state index >= 15 is 0 Å². The van der Waals surface area contributed by atoms with Gasteiger partial charge < -0.3 is 0 Å². The van der Waals surface area contributed by atoms with Crippen molar-refractivity contribution < 1.29 is 0 Å². The van der Waals surface area contributed by atoms with Crippen LogP contribution in [0.1, 0.15) is 64.7 Å². The number of rotatable bonds is 10. The summed E-state index contributed by atoms with van der Waals surface area (Å²) in [7, 11) is 0. The van der Waals surface area contributed by atoms with E-state index in [1.807, 2.05) is 0 Å². The molecule has 0 saturated heterocycles. The van der Waals surface area contributed by atoms with Crippen LogP contribution >= 0.6 is 0 Å². The maximum absolute atomic E-state index is 2.65. The van der Waals surface area contributed by atoms with E-state index in [4.69, 9.17) is 0 Å². The van der Waals surface area contributed by atoms with E-state index in [1.165, 1.54) is 57.8 Å². The Morgan fingerprint density at radius 1 is 0.733 bits per heavy atom. The van der Waals surface area contributed by atoms with E-state index in [0.29, 0.717) is 0 Å². The Hall–Kier alpha value is 0.543. The predicted molar refractivity (Wildman–Crippen MR) is 74.9 cm³/mol. The van der Waals surface area contributed by atoms with Crippen LogP contribution < -0.4 is 0 Å². The molecule has 0 aliphatic heterocycles. The molecular formula is C14H31Ge. The molecule has 91 valence electrons. The fraction of sp³-hybridized carbons (Fsp3) is 0.929. The van der Waals surface area contributed by atoms with Gasteiger partial charge in [-0.05, 0) is 0 Å². The summed E-state index contributed by atoms with van der Waals surface area (Å²) >= 11 is -1.32. The van der Waals surface area contributed by atoms with E-state index < -0.39 is 13.3 Å². The second-order valence-corrected chi connectivity index (χ2v) is 16.6. The molecule has 0 saturated carbocycles. The Bertz CT molecular complexity index is 124. The second kappa shape index (κ2) is 9.75. The zero-order valence-electron chi connectivity index (χ0n) is 11.4. The molecular weight excluding hydrogens is 241 g/mol. The van der Waals surface area contributed by atoms with Crippen molar-refractivity contribution in [3.05, 3.63) is 5.25 Å². The molecule has 0 fully saturated rings. The summed E-state index contributed by atoms with van der Waals surface area (Å²) in [6, 6.07) is 0. The third-order valence-corrected chi connectivity index (χ3v) is 5.99. The van der Waals surface area contributed by atoms with Crippen LogP contribution in [-0.4, -0.2) is 13.3 Å². The van der Waals surface area contributed by atoms with Gasteiger partial charge in [0.25, 0.3) is 0 Å². The molecule has 0 heterocycles. The quantitative estimate of drug-likeness (QED) is 0.358.